The number of rotatable bonds is 4. The lowest BCUT2D eigenvalue weighted by molar-refractivity contribution is 0.488. The molecule has 0 aliphatic heterocycles. The number of hydrogen-bond acceptors (Lipinski definition) is 3. The first-order valence-electron chi connectivity index (χ1n) is 5.52. The van der Waals surface area contributed by atoms with Crippen molar-refractivity contribution < 1.29 is 12.6 Å². The average Bonchev–Trinajstić information content (AvgIpc) is 2.29. The zero-order valence-corrected chi connectivity index (χ0v) is 10.4. The Labute approximate surface area is 101 Å². The molecule has 2 aromatic carbocycles. The van der Waals surface area contributed by atoms with Crippen LogP contribution in [0.2, 0.25) is 0 Å². The monoisotopic (exact) mass is 250 g/mol. The number of fused-ring (bicyclic) bond motifs is 1. The van der Waals surface area contributed by atoms with Crippen LogP contribution in [0.4, 0.5) is 0 Å². The van der Waals surface area contributed by atoms with Gasteiger partial charge in [0.2, 0.25) is 0 Å². The van der Waals surface area contributed by atoms with Gasteiger partial charge in [-0.15, -0.1) is 0 Å². The van der Waals surface area contributed by atoms with E-state index in [1.165, 1.54) is 0 Å². The summed E-state index contributed by atoms with van der Waals surface area (Å²) in [5.74, 6) is 0.438. The highest BCUT2D eigenvalue weighted by molar-refractivity contribution is 7.87. The van der Waals surface area contributed by atoms with E-state index in [2.05, 4.69) is 0 Å². The van der Waals surface area contributed by atoms with Gasteiger partial charge in [0, 0.05) is 5.39 Å². The fraction of sp³-hybridized carbons (Fsp3) is 0.231. The van der Waals surface area contributed by atoms with E-state index in [0.29, 0.717) is 12.2 Å². The molecule has 4 heteroatoms. The van der Waals surface area contributed by atoms with Gasteiger partial charge in [0.1, 0.15) is 5.75 Å². The molecule has 0 heterocycles. The van der Waals surface area contributed by atoms with Gasteiger partial charge in [0.05, 0.1) is 5.75 Å². The van der Waals surface area contributed by atoms with Crippen LogP contribution in [0.15, 0.2) is 42.5 Å². The largest absolute Gasteiger partial charge is 0.382 e. The van der Waals surface area contributed by atoms with E-state index >= 15 is 0 Å². The van der Waals surface area contributed by atoms with Gasteiger partial charge >= 0.3 is 10.1 Å². The minimum absolute atomic E-state index is 0.0379. The lowest BCUT2D eigenvalue weighted by Gasteiger charge is -2.08. The first-order chi connectivity index (χ1) is 8.12. The number of hydrogen-bond donors (Lipinski definition) is 0. The second-order valence-corrected chi connectivity index (χ2v) is 5.51. The fourth-order valence-corrected chi connectivity index (χ4v) is 2.70. The minimum atomic E-state index is -3.48. The Bertz CT molecular complexity index is 612. The highest BCUT2D eigenvalue weighted by Gasteiger charge is 2.12. The molecule has 0 atom stereocenters. The summed E-state index contributed by atoms with van der Waals surface area (Å²) in [5.41, 5.74) is 0. The van der Waals surface area contributed by atoms with Gasteiger partial charge in [0.15, 0.2) is 0 Å². The molecule has 0 saturated heterocycles. The summed E-state index contributed by atoms with van der Waals surface area (Å²) in [4.78, 5) is 0. The molecule has 17 heavy (non-hydrogen) atoms. The molecule has 0 amide bonds. The maximum atomic E-state index is 11.6. The third-order valence-corrected chi connectivity index (χ3v) is 3.76. The SMILES string of the molecule is CCCS(=O)(=O)Oc1cccc2ccccc12. The van der Waals surface area contributed by atoms with Crippen molar-refractivity contribution in [2.45, 2.75) is 13.3 Å². The summed E-state index contributed by atoms with van der Waals surface area (Å²) < 4.78 is 28.4. The predicted molar refractivity (Wildman–Crippen MR) is 68.7 cm³/mol. The van der Waals surface area contributed by atoms with Crippen LogP contribution in [0.3, 0.4) is 0 Å². The van der Waals surface area contributed by atoms with E-state index in [1.807, 2.05) is 37.3 Å². The van der Waals surface area contributed by atoms with E-state index < -0.39 is 10.1 Å². The van der Waals surface area contributed by atoms with Crippen molar-refractivity contribution in [3.05, 3.63) is 42.5 Å². The highest BCUT2D eigenvalue weighted by Crippen LogP contribution is 2.26. The molecule has 0 radical (unpaired) electrons. The Morgan fingerprint density at radius 2 is 1.76 bits per heavy atom. The molecule has 2 rings (SSSR count). The topological polar surface area (TPSA) is 43.4 Å². The summed E-state index contributed by atoms with van der Waals surface area (Å²) in [7, 11) is -3.48. The Balaban J connectivity index is 2.43. The quantitative estimate of drug-likeness (QED) is 0.783. The van der Waals surface area contributed by atoms with Crippen molar-refractivity contribution >= 4 is 20.9 Å². The Morgan fingerprint density at radius 1 is 1.06 bits per heavy atom. The highest BCUT2D eigenvalue weighted by atomic mass is 32.2. The molecule has 0 spiro atoms. The van der Waals surface area contributed by atoms with E-state index in [9.17, 15) is 8.42 Å². The van der Waals surface area contributed by atoms with Crippen LogP contribution in [0.1, 0.15) is 13.3 Å². The van der Waals surface area contributed by atoms with Crippen molar-refractivity contribution in [2.75, 3.05) is 5.75 Å². The summed E-state index contributed by atoms with van der Waals surface area (Å²) in [5, 5.41) is 1.78. The van der Waals surface area contributed by atoms with Gasteiger partial charge in [-0.3, -0.25) is 0 Å². The first-order valence-corrected chi connectivity index (χ1v) is 7.10. The van der Waals surface area contributed by atoms with Gasteiger partial charge < -0.3 is 4.18 Å². The molecule has 0 aromatic heterocycles. The summed E-state index contributed by atoms with van der Waals surface area (Å²) in [6, 6.07) is 12.9. The van der Waals surface area contributed by atoms with Gasteiger partial charge in [-0.1, -0.05) is 43.3 Å². The zero-order chi connectivity index (χ0) is 12.3. The second-order valence-electron chi connectivity index (χ2n) is 3.82. The third kappa shape index (κ3) is 2.77. The summed E-state index contributed by atoms with van der Waals surface area (Å²) in [6.07, 6.45) is 0.549. The van der Waals surface area contributed by atoms with E-state index in [-0.39, 0.29) is 5.75 Å². The molecule has 3 nitrogen and oxygen atoms in total. The van der Waals surface area contributed by atoms with Crippen LogP contribution in [0, 0.1) is 0 Å². The lowest BCUT2D eigenvalue weighted by atomic mass is 10.1. The molecule has 0 saturated carbocycles. The smallest absolute Gasteiger partial charge is 0.309 e. The van der Waals surface area contributed by atoms with Crippen molar-refractivity contribution in [3.8, 4) is 5.75 Å². The Kier molecular flexibility index (Phi) is 3.33. The maximum Gasteiger partial charge on any atom is 0.309 e. The van der Waals surface area contributed by atoms with Crippen LogP contribution in [-0.2, 0) is 10.1 Å². The van der Waals surface area contributed by atoms with Crippen molar-refractivity contribution in [2.24, 2.45) is 0 Å². The van der Waals surface area contributed by atoms with Gasteiger partial charge in [-0.2, -0.15) is 8.42 Å². The lowest BCUT2D eigenvalue weighted by Crippen LogP contribution is -2.13. The first kappa shape index (κ1) is 11.9. The second kappa shape index (κ2) is 4.75. The van der Waals surface area contributed by atoms with Crippen molar-refractivity contribution in [3.63, 3.8) is 0 Å². The van der Waals surface area contributed by atoms with E-state index in [4.69, 9.17) is 4.18 Å². The van der Waals surface area contributed by atoms with Gasteiger partial charge in [0.25, 0.3) is 0 Å². The maximum absolute atomic E-state index is 11.6. The zero-order valence-electron chi connectivity index (χ0n) is 9.59. The minimum Gasteiger partial charge on any atom is -0.382 e. The Hall–Kier alpha value is -1.55. The van der Waals surface area contributed by atoms with Crippen LogP contribution in [0.5, 0.6) is 5.75 Å². The van der Waals surface area contributed by atoms with Gasteiger partial charge in [-0.05, 0) is 17.9 Å². The summed E-state index contributed by atoms with van der Waals surface area (Å²) >= 11 is 0. The van der Waals surface area contributed by atoms with Crippen LogP contribution < -0.4 is 4.18 Å². The predicted octanol–water partition coefficient (Wildman–Crippen LogP) is 2.96. The molecular formula is C13H14O3S. The van der Waals surface area contributed by atoms with Crippen molar-refractivity contribution in [1.29, 1.82) is 0 Å². The molecule has 90 valence electrons. The third-order valence-electron chi connectivity index (χ3n) is 2.42. The van der Waals surface area contributed by atoms with E-state index in [1.54, 1.807) is 12.1 Å². The molecule has 0 N–H and O–H groups in total. The van der Waals surface area contributed by atoms with E-state index in [0.717, 1.165) is 10.8 Å². The Morgan fingerprint density at radius 3 is 2.53 bits per heavy atom. The molecule has 0 aliphatic carbocycles. The summed E-state index contributed by atoms with van der Waals surface area (Å²) in [6.45, 7) is 1.81. The molecular weight excluding hydrogens is 236 g/mol. The number of benzene rings is 2. The average molecular weight is 250 g/mol. The normalized spacial score (nSPS) is 11.6. The van der Waals surface area contributed by atoms with Crippen molar-refractivity contribution in [1.82, 2.24) is 0 Å². The molecule has 2 aromatic rings. The molecule has 0 aliphatic rings. The van der Waals surface area contributed by atoms with Gasteiger partial charge in [-0.25, -0.2) is 0 Å². The van der Waals surface area contributed by atoms with Crippen LogP contribution >= 0.6 is 0 Å². The van der Waals surface area contributed by atoms with Crippen LogP contribution in [-0.4, -0.2) is 14.2 Å². The standard InChI is InChI=1S/C13H14O3S/c1-2-10-17(14,15)16-13-9-5-7-11-6-3-4-8-12(11)13/h3-9H,2,10H2,1H3. The fourth-order valence-electron chi connectivity index (χ4n) is 1.70. The van der Waals surface area contributed by atoms with Crippen LogP contribution in [0.25, 0.3) is 10.8 Å². The molecule has 0 fully saturated rings. The molecule has 0 unspecified atom stereocenters. The molecule has 0 bridgehead atoms.